The van der Waals surface area contributed by atoms with E-state index in [4.69, 9.17) is 9.47 Å². The number of carbonyl (C=O) groups excluding carboxylic acids is 2. The number of nitrogens with zero attached hydrogens (tertiary/aromatic N) is 2. The molecule has 0 fully saturated rings. The van der Waals surface area contributed by atoms with Crippen molar-refractivity contribution < 1.29 is 27.5 Å². The van der Waals surface area contributed by atoms with Gasteiger partial charge in [0, 0.05) is 12.6 Å². The van der Waals surface area contributed by atoms with Gasteiger partial charge in [-0.25, -0.2) is 8.42 Å². The van der Waals surface area contributed by atoms with Crippen LogP contribution in [0, 0.1) is 6.92 Å². The molecule has 0 aliphatic heterocycles. The van der Waals surface area contributed by atoms with Crippen molar-refractivity contribution in [2.45, 2.75) is 64.1 Å². The zero-order valence-electron chi connectivity index (χ0n) is 25.2. The number of hydrogen-bond donors (Lipinski definition) is 1. The van der Waals surface area contributed by atoms with E-state index in [1.165, 1.54) is 31.3 Å². The second-order valence-electron chi connectivity index (χ2n) is 10.0. The smallest absolute Gasteiger partial charge is 0.264 e. The number of aryl methyl sites for hydroxylation is 1. The number of carbonyl (C=O) groups is 2. The van der Waals surface area contributed by atoms with Gasteiger partial charge in [0.1, 0.15) is 24.1 Å². The monoisotopic (exact) mass is 595 g/mol. The average Bonchev–Trinajstić information content (AvgIpc) is 3.00. The summed E-state index contributed by atoms with van der Waals surface area (Å²) >= 11 is 0. The minimum absolute atomic E-state index is 0.0194. The average molecular weight is 596 g/mol. The summed E-state index contributed by atoms with van der Waals surface area (Å²) in [5, 5.41) is 2.99. The molecule has 226 valence electrons. The van der Waals surface area contributed by atoms with Crippen LogP contribution in [0.3, 0.4) is 0 Å². The van der Waals surface area contributed by atoms with Crippen molar-refractivity contribution in [3.05, 3.63) is 83.9 Å². The molecule has 0 bridgehead atoms. The summed E-state index contributed by atoms with van der Waals surface area (Å²) in [7, 11) is -1.31. The zero-order chi connectivity index (χ0) is 30.9. The van der Waals surface area contributed by atoms with Crippen LogP contribution in [0.2, 0.25) is 0 Å². The van der Waals surface area contributed by atoms with Crippen molar-refractivity contribution in [1.29, 1.82) is 0 Å². The molecule has 0 aliphatic carbocycles. The van der Waals surface area contributed by atoms with Gasteiger partial charge in [0.05, 0.1) is 24.8 Å². The van der Waals surface area contributed by atoms with Crippen LogP contribution in [-0.2, 0) is 26.2 Å². The molecule has 9 nitrogen and oxygen atoms in total. The number of ether oxygens (including phenoxy) is 2. The lowest BCUT2D eigenvalue weighted by atomic mass is 10.1. The van der Waals surface area contributed by atoms with E-state index in [9.17, 15) is 18.0 Å². The number of para-hydroxylation sites is 2. The SMILES string of the molecule is CCC(C)NC(=O)C(CC)N(Cc1ccccc1C)C(=O)CN(c1ccccc1OC)S(=O)(=O)c1ccc(OC)cc1. The predicted octanol–water partition coefficient (Wildman–Crippen LogP) is 4.93. The molecule has 3 aromatic rings. The number of amides is 2. The van der Waals surface area contributed by atoms with Gasteiger partial charge in [0.2, 0.25) is 11.8 Å². The van der Waals surface area contributed by atoms with E-state index in [0.717, 1.165) is 21.9 Å². The summed E-state index contributed by atoms with van der Waals surface area (Å²) in [5.41, 5.74) is 2.03. The van der Waals surface area contributed by atoms with Gasteiger partial charge in [-0.3, -0.25) is 13.9 Å². The van der Waals surface area contributed by atoms with Crippen LogP contribution in [0.15, 0.2) is 77.7 Å². The Labute approximate surface area is 249 Å². The fourth-order valence-corrected chi connectivity index (χ4v) is 5.98. The standard InChI is InChI=1S/C32H41N3O6S/c1-7-24(4)33-32(37)28(8-2)34(21-25-14-10-9-13-23(25)3)31(36)22-35(29-15-11-12-16-30(29)41-6)42(38,39)27-19-17-26(40-5)18-20-27/h9-20,24,28H,7-8,21-22H2,1-6H3,(H,33,37). The molecule has 10 heteroatoms. The van der Waals surface area contributed by atoms with Crippen LogP contribution >= 0.6 is 0 Å². The number of benzene rings is 3. The van der Waals surface area contributed by atoms with Gasteiger partial charge in [-0.2, -0.15) is 0 Å². The van der Waals surface area contributed by atoms with Gasteiger partial charge >= 0.3 is 0 Å². The molecule has 0 aliphatic rings. The molecular formula is C32H41N3O6S. The Morgan fingerprint density at radius 1 is 0.881 bits per heavy atom. The van der Waals surface area contributed by atoms with E-state index in [0.29, 0.717) is 12.2 Å². The molecule has 1 N–H and O–H groups in total. The molecule has 0 heterocycles. The van der Waals surface area contributed by atoms with E-state index >= 15 is 0 Å². The third-order valence-electron chi connectivity index (χ3n) is 7.27. The minimum atomic E-state index is -4.25. The highest BCUT2D eigenvalue weighted by Gasteiger charge is 2.35. The lowest BCUT2D eigenvalue weighted by Crippen LogP contribution is -2.53. The number of anilines is 1. The molecule has 0 saturated carbocycles. The van der Waals surface area contributed by atoms with Gasteiger partial charge in [0.15, 0.2) is 0 Å². The zero-order valence-corrected chi connectivity index (χ0v) is 26.0. The molecule has 0 radical (unpaired) electrons. The van der Waals surface area contributed by atoms with Crippen LogP contribution in [0.5, 0.6) is 11.5 Å². The third kappa shape index (κ3) is 7.61. The summed E-state index contributed by atoms with van der Waals surface area (Å²) in [6.07, 6.45) is 1.08. The highest BCUT2D eigenvalue weighted by molar-refractivity contribution is 7.92. The summed E-state index contributed by atoms with van der Waals surface area (Å²) in [4.78, 5) is 29.1. The van der Waals surface area contributed by atoms with Crippen molar-refractivity contribution in [3.8, 4) is 11.5 Å². The summed E-state index contributed by atoms with van der Waals surface area (Å²) < 4.78 is 39.9. The van der Waals surface area contributed by atoms with E-state index in [1.54, 1.807) is 36.4 Å². The first kappa shape index (κ1) is 32.5. The quantitative estimate of drug-likeness (QED) is 0.283. The highest BCUT2D eigenvalue weighted by atomic mass is 32.2. The largest absolute Gasteiger partial charge is 0.497 e. The van der Waals surface area contributed by atoms with Crippen molar-refractivity contribution in [1.82, 2.24) is 10.2 Å². The van der Waals surface area contributed by atoms with Crippen molar-refractivity contribution >= 4 is 27.5 Å². The number of methoxy groups -OCH3 is 2. The van der Waals surface area contributed by atoms with Gasteiger partial charge < -0.3 is 19.7 Å². The summed E-state index contributed by atoms with van der Waals surface area (Å²) in [6, 6.07) is 19.3. The van der Waals surface area contributed by atoms with Crippen LogP contribution < -0.4 is 19.1 Å². The minimum Gasteiger partial charge on any atom is -0.497 e. The lowest BCUT2D eigenvalue weighted by Gasteiger charge is -2.34. The first-order valence-electron chi connectivity index (χ1n) is 14.0. The molecule has 2 amide bonds. The maximum atomic E-state index is 14.3. The Balaban J connectivity index is 2.11. The van der Waals surface area contributed by atoms with E-state index in [1.807, 2.05) is 52.0 Å². The number of sulfonamides is 1. The van der Waals surface area contributed by atoms with Crippen LogP contribution in [-0.4, -0.2) is 58.0 Å². The van der Waals surface area contributed by atoms with Gasteiger partial charge in [-0.1, -0.05) is 50.2 Å². The highest BCUT2D eigenvalue weighted by Crippen LogP contribution is 2.33. The molecule has 2 unspecified atom stereocenters. The predicted molar refractivity (Wildman–Crippen MR) is 164 cm³/mol. The lowest BCUT2D eigenvalue weighted by molar-refractivity contribution is -0.140. The molecule has 3 rings (SSSR count). The Bertz CT molecular complexity index is 1460. The fourth-order valence-electron chi connectivity index (χ4n) is 4.56. The molecular weight excluding hydrogens is 554 g/mol. The van der Waals surface area contributed by atoms with Crippen LogP contribution in [0.25, 0.3) is 0 Å². The molecule has 0 spiro atoms. The van der Waals surface area contributed by atoms with E-state index in [-0.39, 0.29) is 34.8 Å². The number of hydrogen-bond acceptors (Lipinski definition) is 6. The van der Waals surface area contributed by atoms with Crippen LogP contribution in [0.1, 0.15) is 44.7 Å². The van der Waals surface area contributed by atoms with Gasteiger partial charge in [-0.15, -0.1) is 0 Å². The van der Waals surface area contributed by atoms with Crippen LogP contribution in [0.4, 0.5) is 5.69 Å². The Kier molecular flexibility index (Phi) is 11.4. The van der Waals surface area contributed by atoms with Crippen molar-refractivity contribution in [2.75, 3.05) is 25.1 Å². The maximum absolute atomic E-state index is 14.3. The van der Waals surface area contributed by atoms with Gasteiger partial charge in [-0.05, 0) is 74.2 Å². The Morgan fingerprint density at radius 3 is 2.12 bits per heavy atom. The molecule has 2 atom stereocenters. The number of rotatable bonds is 14. The molecule has 0 aromatic heterocycles. The van der Waals surface area contributed by atoms with Gasteiger partial charge in [0.25, 0.3) is 10.0 Å². The van der Waals surface area contributed by atoms with Crippen molar-refractivity contribution in [2.24, 2.45) is 0 Å². The first-order valence-corrected chi connectivity index (χ1v) is 15.4. The second-order valence-corrected chi connectivity index (χ2v) is 11.9. The number of nitrogens with one attached hydrogen (secondary N) is 1. The Hall–Kier alpha value is -4.05. The normalized spacial score (nSPS) is 12.6. The first-order chi connectivity index (χ1) is 20.1. The maximum Gasteiger partial charge on any atom is 0.264 e. The molecule has 3 aromatic carbocycles. The summed E-state index contributed by atoms with van der Waals surface area (Å²) in [6.45, 7) is 7.24. The van der Waals surface area contributed by atoms with E-state index in [2.05, 4.69) is 5.32 Å². The summed E-state index contributed by atoms with van der Waals surface area (Å²) in [5.74, 6) is -0.0196. The van der Waals surface area contributed by atoms with Crippen molar-refractivity contribution in [3.63, 3.8) is 0 Å². The Morgan fingerprint density at radius 2 is 1.52 bits per heavy atom. The second kappa shape index (κ2) is 14.7. The molecule has 0 saturated heterocycles. The third-order valence-corrected chi connectivity index (χ3v) is 9.04. The fraction of sp³-hybridized carbons (Fsp3) is 0.375. The molecule has 42 heavy (non-hydrogen) atoms. The van der Waals surface area contributed by atoms with E-state index < -0.39 is 28.5 Å². The topological polar surface area (TPSA) is 105 Å².